The number of aromatic nitrogens is 1. The highest BCUT2D eigenvalue weighted by atomic mass is 16.5. The Bertz CT molecular complexity index is 518. The van der Waals surface area contributed by atoms with E-state index in [1.807, 2.05) is 0 Å². The molecule has 5 heteroatoms. The molecule has 0 atom stereocenters. The molecule has 0 spiro atoms. The van der Waals surface area contributed by atoms with Gasteiger partial charge in [0, 0.05) is 0 Å². The zero-order chi connectivity index (χ0) is 11.5. The summed E-state index contributed by atoms with van der Waals surface area (Å²) in [6.07, 6.45) is 1.10. The van der Waals surface area contributed by atoms with Crippen LogP contribution in [0.3, 0.4) is 0 Å². The first kappa shape index (κ1) is 10.2. The van der Waals surface area contributed by atoms with Gasteiger partial charge in [0.15, 0.2) is 17.8 Å². The van der Waals surface area contributed by atoms with E-state index in [0.717, 1.165) is 6.39 Å². The number of benzene rings is 1. The summed E-state index contributed by atoms with van der Waals surface area (Å²) < 4.78 is 10.2. The van der Waals surface area contributed by atoms with Gasteiger partial charge in [0.05, 0.1) is 12.7 Å². The van der Waals surface area contributed by atoms with Crippen molar-refractivity contribution >= 4 is 5.97 Å². The lowest BCUT2D eigenvalue weighted by Crippen LogP contribution is -1.99. The Morgan fingerprint density at radius 1 is 1.44 bits per heavy atom. The summed E-state index contributed by atoms with van der Waals surface area (Å²) in [4.78, 5) is 14.5. The minimum absolute atomic E-state index is 0.121. The van der Waals surface area contributed by atoms with Gasteiger partial charge in [-0.1, -0.05) is 12.1 Å². The van der Waals surface area contributed by atoms with Crippen LogP contribution in [0, 0.1) is 0 Å². The molecule has 0 fully saturated rings. The van der Waals surface area contributed by atoms with Gasteiger partial charge in [0.2, 0.25) is 0 Å². The Hall–Kier alpha value is -2.30. The van der Waals surface area contributed by atoms with Gasteiger partial charge >= 0.3 is 5.97 Å². The first-order valence-electron chi connectivity index (χ1n) is 4.54. The molecule has 82 valence electrons. The van der Waals surface area contributed by atoms with Gasteiger partial charge in [0.25, 0.3) is 0 Å². The van der Waals surface area contributed by atoms with E-state index in [9.17, 15) is 4.79 Å². The Labute approximate surface area is 91.3 Å². The monoisotopic (exact) mass is 219 g/mol. The topological polar surface area (TPSA) is 72.6 Å². The average Bonchev–Trinajstić information content (AvgIpc) is 2.77. The van der Waals surface area contributed by atoms with Crippen LogP contribution in [0.2, 0.25) is 0 Å². The van der Waals surface area contributed by atoms with Gasteiger partial charge in [0.1, 0.15) is 5.75 Å². The first-order chi connectivity index (χ1) is 7.74. The second-order valence-electron chi connectivity index (χ2n) is 3.04. The fourth-order valence-electron chi connectivity index (χ4n) is 1.42. The number of methoxy groups -OCH3 is 1. The number of oxazole rings is 1. The average molecular weight is 219 g/mol. The summed E-state index contributed by atoms with van der Waals surface area (Å²) in [6, 6.07) is 7.00. The molecule has 0 aliphatic heterocycles. The number of carbonyl (C=O) groups is 1. The molecule has 0 aliphatic rings. The fraction of sp³-hybridized carbons (Fsp3) is 0.0909. The Morgan fingerprint density at radius 2 is 2.19 bits per heavy atom. The number of hydrogen-bond donors (Lipinski definition) is 1. The van der Waals surface area contributed by atoms with Crippen LogP contribution in [-0.4, -0.2) is 23.2 Å². The summed E-state index contributed by atoms with van der Waals surface area (Å²) in [7, 11) is 1.51. The van der Waals surface area contributed by atoms with E-state index in [-0.39, 0.29) is 11.5 Å². The van der Waals surface area contributed by atoms with E-state index in [1.54, 1.807) is 24.3 Å². The summed E-state index contributed by atoms with van der Waals surface area (Å²) >= 11 is 0. The molecule has 0 bridgehead atoms. The lowest BCUT2D eigenvalue weighted by atomic mass is 10.1. The predicted molar refractivity (Wildman–Crippen MR) is 55.5 cm³/mol. The number of nitrogens with zero attached hydrogens (tertiary/aromatic N) is 1. The normalized spacial score (nSPS) is 10.1. The number of hydrogen-bond acceptors (Lipinski definition) is 4. The molecule has 1 N–H and O–H groups in total. The van der Waals surface area contributed by atoms with Gasteiger partial charge in [-0.3, -0.25) is 0 Å². The van der Waals surface area contributed by atoms with Crippen molar-refractivity contribution in [1.82, 2.24) is 4.98 Å². The third kappa shape index (κ3) is 1.63. The van der Waals surface area contributed by atoms with E-state index in [2.05, 4.69) is 4.98 Å². The van der Waals surface area contributed by atoms with E-state index in [0.29, 0.717) is 11.3 Å². The molecule has 0 unspecified atom stereocenters. The summed E-state index contributed by atoms with van der Waals surface area (Å²) in [5, 5.41) is 8.92. The van der Waals surface area contributed by atoms with Gasteiger partial charge in [-0.2, -0.15) is 0 Å². The highest BCUT2D eigenvalue weighted by Gasteiger charge is 2.19. The molecule has 0 saturated carbocycles. The van der Waals surface area contributed by atoms with E-state index >= 15 is 0 Å². The maximum atomic E-state index is 10.9. The standard InChI is InChI=1S/C11H9NO4/c1-15-8-5-3-2-4-7(8)10-9(11(13)14)12-6-16-10/h2-6H,1H3,(H,13,14). The van der Waals surface area contributed by atoms with E-state index in [4.69, 9.17) is 14.3 Å². The molecule has 0 saturated heterocycles. The summed E-state index contributed by atoms with van der Waals surface area (Å²) in [5.41, 5.74) is 0.449. The summed E-state index contributed by atoms with van der Waals surface area (Å²) in [5.74, 6) is -0.388. The van der Waals surface area contributed by atoms with Crippen molar-refractivity contribution in [3.63, 3.8) is 0 Å². The highest BCUT2D eigenvalue weighted by molar-refractivity contribution is 5.92. The van der Waals surface area contributed by atoms with Crippen molar-refractivity contribution in [3.05, 3.63) is 36.4 Å². The van der Waals surface area contributed by atoms with Crippen molar-refractivity contribution in [2.75, 3.05) is 7.11 Å². The van der Waals surface area contributed by atoms with Gasteiger partial charge in [-0.15, -0.1) is 0 Å². The fourth-order valence-corrected chi connectivity index (χ4v) is 1.42. The molecule has 0 amide bonds. The van der Waals surface area contributed by atoms with Crippen molar-refractivity contribution in [1.29, 1.82) is 0 Å². The number of ether oxygens (including phenoxy) is 1. The molecule has 1 aromatic heterocycles. The van der Waals surface area contributed by atoms with Crippen LogP contribution in [-0.2, 0) is 0 Å². The third-order valence-corrected chi connectivity index (χ3v) is 2.12. The van der Waals surface area contributed by atoms with Crippen LogP contribution in [0.15, 0.2) is 35.1 Å². The van der Waals surface area contributed by atoms with Crippen LogP contribution in [0.1, 0.15) is 10.5 Å². The lowest BCUT2D eigenvalue weighted by molar-refractivity contribution is 0.0691. The molecule has 0 radical (unpaired) electrons. The molecule has 5 nitrogen and oxygen atoms in total. The van der Waals surface area contributed by atoms with Crippen LogP contribution in [0.25, 0.3) is 11.3 Å². The quantitative estimate of drug-likeness (QED) is 0.855. The van der Waals surface area contributed by atoms with Crippen molar-refractivity contribution in [3.8, 4) is 17.1 Å². The molecule has 1 aromatic carbocycles. The Morgan fingerprint density at radius 3 is 2.88 bits per heavy atom. The highest BCUT2D eigenvalue weighted by Crippen LogP contribution is 2.31. The minimum atomic E-state index is -1.13. The summed E-state index contributed by atoms with van der Waals surface area (Å²) in [6.45, 7) is 0. The lowest BCUT2D eigenvalue weighted by Gasteiger charge is -2.05. The molecule has 2 aromatic rings. The largest absolute Gasteiger partial charge is 0.496 e. The number of carboxylic acids is 1. The Kier molecular flexibility index (Phi) is 2.59. The van der Waals surface area contributed by atoms with Crippen molar-refractivity contribution in [2.45, 2.75) is 0 Å². The van der Waals surface area contributed by atoms with Crippen molar-refractivity contribution < 1.29 is 19.1 Å². The zero-order valence-corrected chi connectivity index (χ0v) is 8.51. The van der Waals surface area contributed by atoms with Gasteiger partial charge < -0.3 is 14.3 Å². The number of carboxylic acid groups (broad SMARTS) is 1. The molecular weight excluding hydrogens is 210 g/mol. The minimum Gasteiger partial charge on any atom is -0.496 e. The van der Waals surface area contributed by atoms with Crippen molar-refractivity contribution in [2.24, 2.45) is 0 Å². The molecule has 0 aliphatic carbocycles. The van der Waals surface area contributed by atoms with E-state index in [1.165, 1.54) is 7.11 Å². The smallest absolute Gasteiger partial charge is 0.358 e. The van der Waals surface area contributed by atoms with Gasteiger partial charge in [-0.25, -0.2) is 9.78 Å². The second-order valence-corrected chi connectivity index (χ2v) is 3.04. The number of para-hydroxylation sites is 1. The Balaban J connectivity index is 2.58. The SMILES string of the molecule is COc1ccccc1-c1ocnc1C(=O)O. The second kappa shape index (κ2) is 4.06. The molecular formula is C11H9NO4. The molecule has 16 heavy (non-hydrogen) atoms. The van der Waals surface area contributed by atoms with Crippen LogP contribution in [0.5, 0.6) is 5.75 Å². The van der Waals surface area contributed by atoms with E-state index < -0.39 is 5.97 Å². The van der Waals surface area contributed by atoms with Crippen LogP contribution >= 0.6 is 0 Å². The first-order valence-corrected chi connectivity index (χ1v) is 4.54. The maximum absolute atomic E-state index is 10.9. The molecule has 2 rings (SSSR count). The third-order valence-electron chi connectivity index (χ3n) is 2.12. The number of rotatable bonds is 3. The van der Waals surface area contributed by atoms with Crippen LogP contribution < -0.4 is 4.74 Å². The number of aromatic carboxylic acids is 1. The molecule has 1 heterocycles. The maximum Gasteiger partial charge on any atom is 0.358 e. The van der Waals surface area contributed by atoms with Gasteiger partial charge in [-0.05, 0) is 12.1 Å². The predicted octanol–water partition coefficient (Wildman–Crippen LogP) is 2.05. The van der Waals surface area contributed by atoms with Crippen LogP contribution in [0.4, 0.5) is 0 Å². The zero-order valence-electron chi connectivity index (χ0n) is 8.51.